The Morgan fingerprint density at radius 3 is 1.18 bits per heavy atom. The number of urea groups is 1. The van der Waals surface area contributed by atoms with Crippen LogP contribution in [0, 0.1) is 59.3 Å². The smallest absolute Gasteiger partial charge is 0.315 e. The number of aromatic nitrogens is 6. The highest BCUT2D eigenvalue weighted by atomic mass is 32.2. The van der Waals surface area contributed by atoms with E-state index in [-0.39, 0.29) is 59.6 Å². The van der Waals surface area contributed by atoms with E-state index in [0.717, 1.165) is 39.1 Å². The van der Waals surface area contributed by atoms with Crippen LogP contribution in [-0.4, -0.2) is 179 Å². The van der Waals surface area contributed by atoms with Gasteiger partial charge in [-0.25, -0.2) is 48.7 Å². The first-order valence-corrected chi connectivity index (χ1v) is 32.1. The van der Waals surface area contributed by atoms with Crippen LogP contribution in [0.25, 0.3) is 0 Å². The van der Waals surface area contributed by atoms with E-state index < -0.39 is 0 Å². The first kappa shape index (κ1) is 80.4. The zero-order valence-corrected chi connectivity index (χ0v) is 59.6. The number of hydrogen-bond donors (Lipinski definition) is 14. The van der Waals surface area contributed by atoms with Crippen LogP contribution in [0.4, 0.5) is 4.79 Å². The summed E-state index contributed by atoms with van der Waals surface area (Å²) in [7, 11) is 7.35. The first-order valence-electron chi connectivity index (χ1n) is 29.4. The number of methoxy groups -OCH3 is 1. The Bertz CT molecular complexity index is 2310. The van der Waals surface area contributed by atoms with Crippen molar-refractivity contribution in [2.24, 2.45) is 17.8 Å². The van der Waals surface area contributed by atoms with Gasteiger partial charge in [-0.2, -0.15) is 19.7 Å². The third-order valence-corrected chi connectivity index (χ3v) is 18.8. The molecule has 8 fully saturated rings. The third kappa shape index (κ3) is 29.3. The van der Waals surface area contributed by atoms with Gasteiger partial charge in [0.25, 0.3) is 0 Å². The molecule has 3 aromatic rings. The zero-order valence-electron chi connectivity index (χ0n) is 56.3. The van der Waals surface area contributed by atoms with Crippen LogP contribution < -0.4 is 72.8 Å². The minimum Gasteiger partial charge on any atom is -0.480 e. The molecule has 29 nitrogen and oxygen atoms in total. The molecule has 14 N–H and O–H groups in total. The summed E-state index contributed by atoms with van der Waals surface area (Å²) < 4.78 is 29.0. The van der Waals surface area contributed by atoms with Gasteiger partial charge in [0.05, 0.1) is 48.0 Å². The van der Waals surface area contributed by atoms with Gasteiger partial charge in [-0.1, -0.05) is 31.1 Å². The predicted octanol–water partition coefficient (Wildman–Crippen LogP) is 4.00. The van der Waals surface area contributed by atoms with Crippen molar-refractivity contribution in [3.63, 3.8) is 0 Å². The van der Waals surface area contributed by atoms with Crippen molar-refractivity contribution >= 4 is 77.1 Å². The van der Waals surface area contributed by atoms with Crippen molar-refractivity contribution in [1.29, 1.82) is 0 Å². The van der Waals surface area contributed by atoms with Gasteiger partial charge in [0, 0.05) is 128 Å². The number of rotatable bonds is 1. The van der Waals surface area contributed by atoms with Crippen molar-refractivity contribution in [1.82, 2.24) is 112 Å². The van der Waals surface area contributed by atoms with Crippen molar-refractivity contribution in [2.75, 3.05) is 28.3 Å². The van der Waals surface area contributed by atoms with E-state index >= 15 is 0 Å². The number of aryl methyl sites for hydroxylation is 5. The fourth-order valence-electron chi connectivity index (χ4n) is 6.72. The molecule has 0 bridgehead atoms. The topological polar surface area (TPSA) is 346 Å². The van der Waals surface area contributed by atoms with Gasteiger partial charge in [-0.3, -0.25) is 35.3 Å². The molecule has 3 aromatic heterocycles. The SMILES string of the molecule is CC1C(=O)NN(C)C1C.CC1NC(=O)NC1C.CC1NC(=S)NC1C.CC1NN(C)C(=O)C1C.CC1NNC(=O)C1C.CC1NONC1C.CC1NSN(C)C1C.CC1NSNC1C.COc1n[nH]c(C)c1C.Cc1nonc1C.Cc1nsnc1C. The number of hydroxylamine groups is 2. The van der Waals surface area contributed by atoms with E-state index in [4.69, 9.17) is 17.0 Å². The maximum absolute atomic E-state index is 11.0. The van der Waals surface area contributed by atoms with Crippen LogP contribution in [0.2, 0.25) is 0 Å². The third-order valence-electron chi connectivity index (χ3n) is 15.7. The van der Waals surface area contributed by atoms with Crippen LogP contribution >= 0.6 is 48.2 Å². The lowest BCUT2D eigenvalue weighted by Crippen LogP contribution is -2.32. The second-order valence-electron chi connectivity index (χ2n) is 22.8. The van der Waals surface area contributed by atoms with Gasteiger partial charge < -0.3 is 26.0 Å². The van der Waals surface area contributed by atoms with E-state index in [2.05, 4.69) is 174 Å². The summed E-state index contributed by atoms with van der Waals surface area (Å²) in [6, 6.07) is 5.78. The molecule has 16 unspecified atom stereocenters. The Labute approximate surface area is 536 Å². The molecule has 0 saturated carbocycles. The van der Waals surface area contributed by atoms with E-state index in [1.807, 2.05) is 109 Å². The second kappa shape index (κ2) is 40.9. The van der Waals surface area contributed by atoms with Crippen LogP contribution in [0.1, 0.15) is 145 Å². The lowest BCUT2D eigenvalue weighted by molar-refractivity contribution is -0.130. The van der Waals surface area contributed by atoms with Crippen molar-refractivity contribution in [2.45, 2.75) is 231 Å². The summed E-state index contributed by atoms with van der Waals surface area (Å²) in [5.41, 5.74) is 22.5. The van der Waals surface area contributed by atoms with Crippen molar-refractivity contribution < 1.29 is 33.5 Å². The maximum atomic E-state index is 11.0. The number of ether oxygens (including phenoxy) is 1. The van der Waals surface area contributed by atoms with Crippen LogP contribution in [-0.2, 0) is 19.3 Å². The molecule has 11 rings (SSSR count). The van der Waals surface area contributed by atoms with E-state index in [1.165, 1.54) is 11.7 Å². The average Bonchev–Trinajstić information content (AvgIpc) is 4.63. The molecule has 5 amide bonds. The van der Waals surface area contributed by atoms with Crippen molar-refractivity contribution in [3.05, 3.63) is 34.0 Å². The molecule has 0 aromatic carbocycles. The summed E-state index contributed by atoms with van der Waals surface area (Å²) >= 11 is 9.40. The summed E-state index contributed by atoms with van der Waals surface area (Å²) in [6.45, 7) is 44.4. The van der Waals surface area contributed by atoms with E-state index in [9.17, 15) is 19.2 Å². The molecule has 87 heavy (non-hydrogen) atoms. The zero-order chi connectivity index (χ0) is 66.6. The second-order valence-corrected chi connectivity index (χ2v) is 25.4. The number of nitrogens with one attached hydrogen (secondary N) is 14. The van der Waals surface area contributed by atoms with Gasteiger partial charge >= 0.3 is 6.03 Å². The minimum atomic E-state index is -0.0509. The number of hydrogen-bond acceptors (Lipinski definition) is 25. The molecule has 0 aliphatic carbocycles. The van der Waals surface area contributed by atoms with Crippen LogP contribution in [0.3, 0.4) is 0 Å². The largest absolute Gasteiger partial charge is 0.480 e. The quantitative estimate of drug-likeness (QED) is 0.121. The molecular weight excluding hydrogens is 1200 g/mol. The molecule has 0 spiro atoms. The van der Waals surface area contributed by atoms with Crippen LogP contribution in [0.15, 0.2) is 4.63 Å². The van der Waals surface area contributed by atoms with Crippen molar-refractivity contribution in [3.8, 4) is 5.88 Å². The molecule has 33 heteroatoms. The number of H-pyrrole nitrogens is 1. The molecule has 16 atom stereocenters. The summed E-state index contributed by atoms with van der Waals surface area (Å²) in [6.07, 6.45) is 0. The number of nitrogens with zero attached hydrogens (tertiary/aromatic N) is 8. The Hall–Kier alpha value is -4.62. The molecule has 0 radical (unpaired) electrons. The number of hydrazine groups is 3. The number of carbonyl (C=O) groups is 4. The van der Waals surface area contributed by atoms with E-state index in [1.54, 1.807) is 43.4 Å². The molecule has 8 saturated heterocycles. The standard InChI is InChI=1S/C6H12N2O.C6H10N2O.C6H12N2O.2C5H10N2O.C5H12N2S.C5H10N2S.C4H10N2O.C4H6N2O.C4H10N2S.C4H6N2S/c1-4-5(2)8(3)7-6(4)9;1-4-5(2)7-8-6(4)9-3;1-4-5(2)7-8(3)6(4)9;1-3-4(2)7-5(8)6-3;1-3-4(2)6-7-5(3)8;1-4-5(2)7(3)8-6-4;1-3-4(2)7-5(8)6-3;4*1-3-4(2)6-7-5-3/h4-5H,1-3H3,(H,7,9);1-3H3,(H,7,8);4-5,7H,1-3H3;3-4H,1-2H3,(H2,6,7,8);3-4,6H,1-2H3,(H,7,8);4-6H,1-3H3;3-4H,1-2H3,(H2,6,7,8);3-6H,1-2H3;1-2H3;3-6H,1-2H3;1-2H3. The number of thiocarbonyl (C=S) groups is 1. The highest BCUT2D eigenvalue weighted by Crippen LogP contribution is 2.20. The Balaban J connectivity index is 0.000000479. The fourth-order valence-corrected chi connectivity index (χ4v) is 9.36. The number of aromatic amines is 1. The van der Waals surface area contributed by atoms with Gasteiger partial charge in [0.1, 0.15) is 11.4 Å². The lowest BCUT2D eigenvalue weighted by atomic mass is 10.1. The highest BCUT2D eigenvalue weighted by molar-refractivity contribution is 7.95. The van der Waals surface area contributed by atoms with Crippen LogP contribution in [0.5, 0.6) is 5.88 Å². The van der Waals surface area contributed by atoms with Gasteiger partial charge in [0.15, 0.2) is 5.11 Å². The summed E-state index contributed by atoms with van der Waals surface area (Å²) in [4.78, 5) is 47.5. The molecule has 8 aliphatic rings. The summed E-state index contributed by atoms with van der Waals surface area (Å²) in [5, 5.41) is 29.5. The van der Waals surface area contributed by atoms with Gasteiger partial charge in [-0.05, 0) is 151 Å². The normalized spacial score (nSPS) is 30.7. The summed E-state index contributed by atoms with van der Waals surface area (Å²) in [5.74, 6) is 1.48. The Morgan fingerprint density at radius 1 is 0.552 bits per heavy atom. The van der Waals surface area contributed by atoms with E-state index in [0.29, 0.717) is 66.3 Å². The highest BCUT2D eigenvalue weighted by Gasteiger charge is 2.32. The maximum Gasteiger partial charge on any atom is 0.315 e. The lowest BCUT2D eigenvalue weighted by Gasteiger charge is -2.13. The monoisotopic (exact) mass is 1300 g/mol. The predicted molar refractivity (Wildman–Crippen MR) is 352 cm³/mol. The van der Waals surface area contributed by atoms with Gasteiger partial charge in [-0.15, -0.1) is 5.10 Å². The molecular formula is C54H108N22O7S4. The number of likely N-dealkylation sites (N-methyl/N-ethyl adjacent to an activating group) is 1. The molecule has 8 aliphatic heterocycles. The minimum absolute atomic E-state index is 0.0509. The Kier molecular flexibility index (Phi) is 37.8. The fraction of sp³-hybridized carbons (Fsp3) is 0.778. The number of amides is 5. The molecule has 11 heterocycles. The number of carbonyl (C=O) groups excluding carboxylic acids is 4. The molecule has 500 valence electrons. The first-order chi connectivity index (χ1) is 40.6. The Morgan fingerprint density at radius 2 is 1.05 bits per heavy atom. The van der Waals surface area contributed by atoms with Gasteiger partial charge in [0.2, 0.25) is 23.6 Å². The average molecular weight is 1310 g/mol.